The fraction of sp³-hybridized carbons (Fsp3) is 0.455. The third kappa shape index (κ3) is 2.00. The Hall–Kier alpha value is -1.05. The van der Waals surface area contributed by atoms with Crippen LogP contribution < -0.4 is 5.32 Å². The number of anilines is 1. The lowest BCUT2D eigenvalue weighted by atomic mass is 10.2. The van der Waals surface area contributed by atoms with Gasteiger partial charge in [-0.05, 0) is 37.8 Å². The van der Waals surface area contributed by atoms with Crippen LogP contribution in [-0.4, -0.2) is 6.04 Å². The van der Waals surface area contributed by atoms with Crippen molar-refractivity contribution < 1.29 is 4.39 Å². The third-order valence-corrected chi connectivity index (χ3v) is 2.59. The zero-order valence-electron chi connectivity index (χ0n) is 7.76. The molecule has 1 N–H and O–H groups in total. The van der Waals surface area contributed by atoms with Gasteiger partial charge in [0, 0.05) is 6.04 Å². The summed E-state index contributed by atoms with van der Waals surface area (Å²) in [6.07, 6.45) is 2.56. The smallest absolute Gasteiger partial charge is 0.146 e. The molecular weight excluding hydrogens is 165 g/mol. The van der Waals surface area contributed by atoms with Gasteiger partial charge in [0.05, 0.1) is 5.69 Å². The van der Waals surface area contributed by atoms with E-state index in [2.05, 4.69) is 12.2 Å². The normalized spacial score (nSPS) is 18.3. The molecule has 13 heavy (non-hydrogen) atoms. The molecule has 2 heteroatoms. The predicted molar refractivity (Wildman–Crippen MR) is 52.2 cm³/mol. The van der Waals surface area contributed by atoms with Gasteiger partial charge in [0.25, 0.3) is 0 Å². The maximum Gasteiger partial charge on any atom is 0.146 e. The monoisotopic (exact) mass is 179 g/mol. The van der Waals surface area contributed by atoms with E-state index < -0.39 is 0 Å². The van der Waals surface area contributed by atoms with Crippen molar-refractivity contribution in [2.24, 2.45) is 5.92 Å². The molecule has 0 saturated heterocycles. The second-order valence-electron chi connectivity index (χ2n) is 3.75. The van der Waals surface area contributed by atoms with E-state index in [1.807, 2.05) is 6.07 Å². The molecule has 0 spiro atoms. The summed E-state index contributed by atoms with van der Waals surface area (Å²) in [7, 11) is 0. The SMILES string of the molecule is C[C@H](Nc1ccccc1F)C1CC1. The summed E-state index contributed by atoms with van der Waals surface area (Å²) in [6, 6.07) is 7.24. The quantitative estimate of drug-likeness (QED) is 0.752. The van der Waals surface area contributed by atoms with Gasteiger partial charge in [-0.15, -0.1) is 0 Å². The van der Waals surface area contributed by atoms with Crippen LogP contribution in [0.15, 0.2) is 24.3 Å². The molecule has 70 valence electrons. The molecule has 0 heterocycles. The Morgan fingerprint density at radius 3 is 2.69 bits per heavy atom. The molecule has 0 unspecified atom stereocenters. The average Bonchev–Trinajstić information content (AvgIpc) is 2.91. The lowest BCUT2D eigenvalue weighted by Crippen LogP contribution is -2.17. The molecule has 1 aliphatic rings. The van der Waals surface area contributed by atoms with Gasteiger partial charge in [-0.1, -0.05) is 12.1 Å². The molecule has 1 saturated carbocycles. The van der Waals surface area contributed by atoms with Gasteiger partial charge in [0.1, 0.15) is 5.82 Å². The van der Waals surface area contributed by atoms with Crippen LogP contribution in [0.3, 0.4) is 0 Å². The first kappa shape index (κ1) is 8.54. The Bertz CT molecular complexity index is 294. The first-order valence-corrected chi connectivity index (χ1v) is 4.78. The standard InChI is InChI=1S/C11H14FN/c1-8(9-6-7-9)13-11-5-3-2-4-10(11)12/h2-5,8-9,13H,6-7H2,1H3/t8-/m0/s1. The number of rotatable bonds is 3. The molecule has 1 fully saturated rings. The summed E-state index contributed by atoms with van der Waals surface area (Å²) in [6.45, 7) is 2.12. The number of hydrogen-bond acceptors (Lipinski definition) is 1. The van der Waals surface area contributed by atoms with E-state index >= 15 is 0 Å². The van der Waals surface area contributed by atoms with Gasteiger partial charge >= 0.3 is 0 Å². The molecule has 1 aromatic rings. The predicted octanol–water partition coefficient (Wildman–Crippen LogP) is 3.04. The fourth-order valence-electron chi connectivity index (χ4n) is 1.54. The van der Waals surface area contributed by atoms with Gasteiger partial charge in [-0.25, -0.2) is 4.39 Å². The van der Waals surface area contributed by atoms with Crippen LogP contribution in [0.2, 0.25) is 0 Å². The number of benzene rings is 1. The molecule has 0 bridgehead atoms. The van der Waals surface area contributed by atoms with E-state index in [-0.39, 0.29) is 5.82 Å². The molecule has 1 nitrogen and oxygen atoms in total. The molecule has 1 atom stereocenters. The summed E-state index contributed by atoms with van der Waals surface area (Å²) in [4.78, 5) is 0. The van der Waals surface area contributed by atoms with Gasteiger partial charge in [-0.2, -0.15) is 0 Å². The number of halogens is 1. The first-order chi connectivity index (χ1) is 6.27. The van der Waals surface area contributed by atoms with E-state index in [4.69, 9.17) is 0 Å². The Labute approximate surface area is 78.0 Å². The van der Waals surface area contributed by atoms with E-state index in [9.17, 15) is 4.39 Å². The summed E-state index contributed by atoms with van der Waals surface area (Å²) < 4.78 is 13.2. The van der Waals surface area contributed by atoms with Crippen molar-refractivity contribution in [1.29, 1.82) is 0 Å². The number of hydrogen-bond donors (Lipinski definition) is 1. The zero-order valence-corrected chi connectivity index (χ0v) is 7.76. The molecule has 0 radical (unpaired) electrons. The van der Waals surface area contributed by atoms with Crippen molar-refractivity contribution in [3.05, 3.63) is 30.1 Å². The van der Waals surface area contributed by atoms with Crippen LogP contribution in [0.5, 0.6) is 0 Å². The van der Waals surface area contributed by atoms with Gasteiger partial charge in [0.2, 0.25) is 0 Å². The van der Waals surface area contributed by atoms with Crippen molar-refractivity contribution >= 4 is 5.69 Å². The molecule has 2 rings (SSSR count). The topological polar surface area (TPSA) is 12.0 Å². The first-order valence-electron chi connectivity index (χ1n) is 4.78. The second kappa shape index (κ2) is 3.36. The highest BCUT2D eigenvalue weighted by molar-refractivity contribution is 5.45. The highest BCUT2D eigenvalue weighted by atomic mass is 19.1. The Balaban J connectivity index is 2.03. The van der Waals surface area contributed by atoms with Crippen LogP contribution >= 0.6 is 0 Å². The molecule has 0 amide bonds. The summed E-state index contributed by atoms with van der Waals surface area (Å²) in [5.74, 6) is 0.592. The third-order valence-electron chi connectivity index (χ3n) is 2.59. The van der Waals surface area contributed by atoms with Gasteiger partial charge < -0.3 is 5.32 Å². The second-order valence-corrected chi connectivity index (χ2v) is 3.75. The van der Waals surface area contributed by atoms with Gasteiger partial charge in [0.15, 0.2) is 0 Å². The van der Waals surface area contributed by atoms with Crippen molar-refractivity contribution in [2.45, 2.75) is 25.8 Å². The van der Waals surface area contributed by atoms with Crippen molar-refractivity contribution in [3.63, 3.8) is 0 Å². The van der Waals surface area contributed by atoms with Crippen LogP contribution in [0, 0.1) is 11.7 Å². The summed E-state index contributed by atoms with van der Waals surface area (Å²) >= 11 is 0. The van der Waals surface area contributed by atoms with E-state index in [1.165, 1.54) is 18.9 Å². The molecule has 0 aliphatic heterocycles. The molecule has 1 aromatic carbocycles. The van der Waals surface area contributed by atoms with E-state index in [0.29, 0.717) is 11.7 Å². The fourth-order valence-corrected chi connectivity index (χ4v) is 1.54. The van der Waals surface area contributed by atoms with E-state index in [1.54, 1.807) is 12.1 Å². The Kier molecular flexibility index (Phi) is 2.21. The van der Waals surface area contributed by atoms with Crippen molar-refractivity contribution in [2.75, 3.05) is 5.32 Å². The molecular formula is C11H14FN. The van der Waals surface area contributed by atoms with Crippen LogP contribution in [0.25, 0.3) is 0 Å². The average molecular weight is 179 g/mol. The zero-order chi connectivity index (χ0) is 9.26. The highest BCUT2D eigenvalue weighted by Crippen LogP contribution is 2.34. The molecule has 1 aliphatic carbocycles. The lowest BCUT2D eigenvalue weighted by molar-refractivity contribution is 0.619. The molecule has 0 aromatic heterocycles. The summed E-state index contributed by atoms with van der Waals surface area (Å²) in [5, 5.41) is 3.20. The largest absolute Gasteiger partial charge is 0.380 e. The number of nitrogens with one attached hydrogen (secondary N) is 1. The van der Waals surface area contributed by atoms with Gasteiger partial charge in [-0.3, -0.25) is 0 Å². The highest BCUT2D eigenvalue weighted by Gasteiger charge is 2.27. The summed E-state index contributed by atoms with van der Waals surface area (Å²) in [5.41, 5.74) is 0.627. The van der Waals surface area contributed by atoms with Crippen molar-refractivity contribution in [3.8, 4) is 0 Å². The Morgan fingerprint density at radius 1 is 1.38 bits per heavy atom. The minimum atomic E-state index is -0.157. The maximum absolute atomic E-state index is 13.2. The van der Waals surface area contributed by atoms with E-state index in [0.717, 1.165) is 5.92 Å². The minimum absolute atomic E-state index is 0.157. The maximum atomic E-state index is 13.2. The van der Waals surface area contributed by atoms with Crippen molar-refractivity contribution in [1.82, 2.24) is 0 Å². The van der Waals surface area contributed by atoms with Crippen LogP contribution in [-0.2, 0) is 0 Å². The van der Waals surface area contributed by atoms with Crippen LogP contribution in [0.4, 0.5) is 10.1 Å². The Morgan fingerprint density at radius 2 is 2.08 bits per heavy atom. The number of para-hydroxylation sites is 1. The lowest BCUT2D eigenvalue weighted by Gasteiger charge is -2.14. The minimum Gasteiger partial charge on any atom is -0.380 e. The van der Waals surface area contributed by atoms with Crippen LogP contribution in [0.1, 0.15) is 19.8 Å².